The molecule has 0 aromatic carbocycles. The Morgan fingerprint density at radius 3 is 1.82 bits per heavy atom. The van der Waals surface area contributed by atoms with E-state index in [4.69, 9.17) is 25.1 Å². The van der Waals surface area contributed by atoms with E-state index in [1.807, 2.05) is 24.4 Å². The quantitative estimate of drug-likeness (QED) is 0.108. The second kappa shape index (κ2) is 23.2. The van der Waals surface area contributed by atoms with Gasteiger partial charge in [0.15, 0.2) is 0 Å². The molecule has 2 aliphatic heterocycles. The summed E-state index contributed by atoms with van der Waals surface area (Å²) in [6.45, 7) is 10.2. The minimum atomic E-state index is -1.07. The van der Waals surface area contributed by atoms with Gasteiger partial charge in [0.25, 0.3) is 0 Å². The number of aromatic nitrogens is 4. The van der Waals surface area contributed by atoms with E-state index in [9.17, 15) is 19.2 Å². The van der Waals surface area contributed by atoms with Gasteiger partial charge in [-0.15, -0.1) is 12.4 Å². The van der Waals surface area contributed by atoms with Crippen LogP contribution in [0.3, 0.4) is 0 Å². The second-order valence-electron chi connectivity index (χ2n) is 13.0. The topological polar surface area (TPSA) is 251 Å². The lowest BCUT2D eigenvalue weighted by atomic mass is 10.0. The van der Waals surface area contributed by atoms with Crippen molar-refractivity contribution >= 4 is 69.7 Å². The van der Waals surface area contributed by atoms with Crippen LogP contribution in [0.15, 0.2) is 36.9 Å². The number of nitrogens with zero attached hydrogens (tertiary/aromatic N) is 5. The van der Waals surface area contributed by atoms with Crippen LogP contribution >= 0.6 is 12.4 Å². The monoisotopic (exact) mass is 808 g/mol. The third kappa shape index (κ3) is 12.5. The average Bonchev–Trinajstić information content (AvgIpc) is 3.89. The second-order valence-corrected chi connectivity index (χ2v) is 13.0. The molecule has 2 aliphatic rings. The van der Waals surface area contributed by atoms with Crippen LogP contribution in [-0.2, 0) is 19.1 Å². The number of aliphatic carboxylic acids is 1. The van der Waals surface area contributed by atoms with Gasteiger partial charge in [-0.2, -0.15) is 10.5 Å². The van der Waals surface area contributed by atoms with E-state index in [1.54, 1.807) is 44.1 Å². The van der Waals surface area contributed by atoms with Crippen molar-refractivity contribution in [3.05, 3.63) is 48.0 Å². The number of hydrogen-bond acceptors (Lipinski definition) is 13. The van der Waals surface area contributed by atoms with Crippen LogP contribution in [0.5, 0.6) is 0 Å². The number of ether oxygens (including phenoxy) is 2. The maximum absolute atomic E-state index is 12.4. The summed E-state index contributed by atoms with van der Waals surface area (Å²) < 4.78 is 10.3. The third-order valence-corrected chi connectivity index (χ3v) is 9.02. The maximum atomic E-state index is 12.4. The molecular weight excluding hydrogens is 756 g/mol. The van der Waals surface area contributed by atoms with Gasteiger partial charge in [0, 0.05) is 67.3 Å². The first-order valence-corrected chi connectivity index (χ1v) is 18.3. The molecule has 4 aromatic rings. The summed E-state index contributed by atoms with van der Waals surface area (Å²) in [6, 6.07) is 7.64. The summed E-state index contributed by atoms with van der Waals surface area (Å²) in [6.07, 6.45) is 10.6. The fourth-order valence-corrected chi connectivity index (χ4v) is 6.12. The van der Waals surface area contributed by atoms with Crippen molar-refractivity contribution in [3.8, 4) is 12.1 Å². The van der Waals surface area contributed by atoms with Crippen LogP contribution < -0.4 is 16.0 Å². The normalized spacial score (nSPS) is 16.8. The molecule has 6 N–H and O–H groups in total. The number of aromatic amines is 2. The molecule has 17 nitrogen and oxygen atoms in total. The highest BCUT2D eigenvalue weighted by atomic mass is 35.5. The number of amides is 1. The molecule has 57 heavy (non-hydrogen) atoms. The van der Waals surface area contributed by atoms with Crippen LogP contribution in [0.1, 0.15) is 81.5 Å². The van der Waals surface area contributed by atoms with E-state index in [2.05, 4.69) is 35.9 Å². The number of nitrogens with one attached hydrogen (secondary N) is 5. The molecule has 2 saturated heterocycles. The Morgan fingerprint density at radius 1 is 0.877 bits per heavy atom. The zero-order valence-corrected chi connectivity index (χ0v) is 32.7. The molecule has 0 aliphatic carbocycles. The predicted octanol–water partition coefficient (Wildman–Crippen LogP) is 5.49. The molecule has 0 spiro atoms. The van der Waals surface area contributed by atoms with Crippen LogP contribution in [0.25, 0.3) is 22.1 Å². The number of pyridine rings is 2. The van der Waals surface area contributed by atoms with Crippen molar-refractivity contribution in [2.45, 2.75) is 72.9 Å². The number of hydrogen-bond donors (Lipinski definition) is 6. The number of esters is 2. The summed E-state index contributed by atoms with van der Waals surface area (Å²) in [5.74, 6) is -3.52. The fraction of sp³-hybridized carbons (Fsp3) is 0.487. The molecule has 0 saturated carbocycles. The molecule has 2 fully saturated rings. The first kappa shape index (κ1) is 47.2. The Hall–Kier alpha value is -5.91. The summed E-state index contributed by atoms with van der Waals surface area (Å²) in [4.78, 5) is 63.0. The van der Waals surface area contributed by atoms with Gasteiger partial charge in [0.1, 0.15) is 34.3 Å². The minimum Gasteiger partial charge on any atom is -0.480 e. The highest BCUT2D eigenvalue weighted by Crippen LogP contribution is 2.29. The zero-order valence-electron chi connectivity index (χ0n) is 31.9. The van der Waals surface area contributed by atoms with Crippen molar-refractivity contribution < 1.29 is 33.8 Å². The first-order chi connectivity index (χ1) is 26.5. The number of nitriles is 2. The van der Waals surface area contributed by atoms with Crippen LogP contribution in [-0.4, -0.2) is 105 Å². The van der Waals surface area contributed by atoms with Gasteiger partial charge in [-0.3, -0.25) is 9.59 Å². The number of carbonyl (C=O) groups excluding carboxylic acids is 3. The lowest BCUT2D eigenvalue weighted by molar-refractivity contribution is -0.139. The van der Waals surface area contributed by atoms with Crippen molar-refractivity contribution in [1.82, 2.24) is 30.2 Å². The van der Waals surface area contributed by atoms with E-state index in [-0.39, 0.29) is 44.4 Å². The number of H-pyrrole nitrogens is 2. The van der Waals surface area contributed by atoms with E-state index in [1.165, 1.54) is 13.1 Å². The number of halogens is 1. The lowest BCUT2D eigenvalue weighted by Gasteiger charge is -2.34. The van der Waals surface area contributed by atoms with Crippen LogP contribution in [0.2, 0.25) is 0 Å². The smallest absolute Gasteiger partial charge is 0.341 e. The third-order valence-electron chi connectivity index (χ3n) is 9.02. The highest BCUT2D eigenvalue weighted by molar-refractivity contribution is 6.05. The van der Waals surface area contributed by atoms with E-state index >= 15 is 0 Å². The standard InChI is InChI=1S/C19H23N5O3.C15H20N4O2.C4H5NO2.CH4.ClH/c1-3-27-19(26)15-10-22-17-14(6-7-21-17)16(15)23-13-5-4-8-24(11-13)18(25)12(2)9-20;1-2-21-15(20)12-9-18-14-11(5-7-17-14)13(12)19-10-4-3-6-16-8-10;1-3(2-5)4(6)7;;/h6-7,10,12-13H,3-5,8,11H2,1-2H3,(H2,21,22,23);5,7,9-10,16H,2-4,6,8H2,1H3,(H2,17,18,19);3H,1H3,(H,6,7);1H4;1H/t12?,13-;10-;;;/m11.../s1. The molecule has 4 atom stereocenters. The number of rotatable bonds is 10. The van der Waals surface area contributed by atoms with Crippen molar-refractivity contribution in [1.29, 1.82) is 10.5 Å². The molecule has 0 radical (unpaired) electrons. The van der Waals surface area contributed by atoms with Gasteiger partial charge >= 0.3 is 17.9 Å². The summed E-state index contributed by atoms with van der Waals surface area (Å²) in [5, 5.41) is 36.8. The Bertz CT molecular complexity index is 2030. The SMILES string of the molecule is C.CC(C#N)C(=O)O.CCOC(=O)c1cnc2[nH]ccc2c1N[C@@H]1CCCN(C(=O)C(C)C#N)C1.CCOC(=O)c1cnc2[nH]ccc2c1N[C@@H]1CCCNC1.Cl. The number of piperidine rings is 2. The summed E-state index contributed by atoms with van der Waals surface area (Å²) in [7, 11) is 0. The molecule has 308 valence electrons. The number of carboxylic acids is 1. The van der Waals surface area contributed by atoms with E-state index < -0.39 is 23.8 Å². The first-order valence-electron chi connectivity index (χ1n) is 18.3. The Kier molecular flexibility index (Phi) is 19.3. The van der Waals surface area contributed by atoms with E-state index in [0.29, 0.717) is 48.2 Å². The van der Waals surface area contributed by atoms with Gasteiger partial charge in [-0.1, -0.05) is 7.43 Å². The molecule has 2 unspecified atom stereocenters. The van der Waals surface area contributed by atoms with Gasteiger partial charge in [-0.25, -0.2) is 19.6 Å². The maximum Gasteiger partial charge on any atom is 0.341 e. The Labute approximate surface area is 338 Å². The van der Waals surface area contributed by atoms with Gasteiger partial charge < -0.3 is 45.4 Å². The molecule has 18 heteroatoms. The van der Waals surface area contributed by atoms with Crippen molar-refractivity contribution in [2.75, 3.05) is 50.0 Å². The van der Waals surface area contributed by atoms with Crippen molar-refractivity contribution in [3.63, 3.8) is 0 Å². The van der Waals surface area contributed by atoms with Crippen molar-refractivity contribution in [2.24, 2.45) is 11.8 Å². The molecule has 4 aromatic heterocycles. The highest BCUT2D eigenvalue weighted by Gasteiger charge is 2.28. The Balaban J connectivity index is 0.000000334. The van der Waals surface area contributed by atoms with Crippen LogP contribution in [0, 0.1) is 34.5 Å². The lowest BCUT2D eigenvalue weighted by Crippen LogP contribution is -2.46. The molecule has 1 amide bonds. The van der Waals surface area contributed by atoms with Crippen LogP contribution in [0.4, 0.5) is 11.4 Å². The summed E-state index contributed by atoms with van der Waals surface area (Å²) >= 11 is 0. The Morgan fingerprint density at radius 2 is 1.39 bits per heavy atom. The van der Waals surface area contributed by atoms with Gasteiger partial charge in [-0.05, 0) is 72.1 Å². The largest absolute Gasteiger partial charge is 0.480 e. The number of carboxylic acid groups (broad SMARTS) is 1. The minimum absolute atomic E-state index is 0. The molecular formula is C39H53ClN10O7. The van der Waals surface area contributed by atoms with E-state index in [0.717, 1.165) is 60.9 Å². The molecule has 6 heterocycles. The number of anilines is 2. The number of fused-ring (bicyclic) bond motifs is 2. The molecule has 6 rings (SSSR count). The zero-order chi connectivity index (χ0) is 39.9. The molecule has 0 bridgehead atoms. The number of likely N-dealkylation sites (tertiary alicyclic amines) is 1. The average molecular weight is 809 g/mol. The summed E-state index contributed by atoms with van der Waals surface area (Å²) in [5.41, 5.74) is 3.79. The predicted molar refractivity (Wildman–Crippen MR) is 218 cm³/mol. The van der Waals surface area contributed by atoms with Gasteiger partial charge in [0.2, 0.25) is 5.91 Å². The van der Waals surface area contributed by atoms with Gasteiger partial charge in [0.05, 0.1) is 36.7 Å². The fourth-order valence-electron chi connectivity index (χ4n) is 6.12. The number of carbonyl (C=O) groups is 4.